The van der Waals surface area contributed by atoms with E-state index in [4.69, 9.17) is 4.74 Å². The van der Waals surface area contributed by atoms with E-state index in [0.717, 1.165) is 32.2 Å². The first kappa shape index (κ1) is 24.3. The minimum Gasteiger partial charge on any atom is -0.497 e. The lowest BCUT2D eigenvalue weighted by atomic mass is 9.91. The monoisotopic (exact) mass is 402 g/mol. The molecule has 1 fully saturated rings. The number of ether oxygens (including phenoxy) is 1. The highest BCUT2D eigenvalue weighted by atomic mass is 35.5. The van der Waals surface area contributed by atoms with Gasteiger partial charge >= 0.3 is 6.18 Å². The molecule has 1 atom stereocenters. The van der Waals surface area contributed by atoms with Crippen LogP contribution in [-0.4, -0.2) is 38.2 Å². The highest BCUT2D eigenvalue weighted by Gasteiger charge is 2.37. The molecule has 0 unspecified atom stereocenters. The van der Waals surface area contributed by atoms with Crippen LogP contribution >= 0.6 is 24.8 Å². The van der Waals surface area contributed by atoms with Crippen molar-refractivity contribution in [3.63, 3.8) is 0 Å². The number of alkyl halides is 3. The van der Waals surface area contributed by atoms with Gasteiger partial charge in [0.25, 0.3) is 0 Å². The van der Waals surface area contributed by atoms with E-state index < -0.39 is 11.7 Å². The average molecular weight is 403 g/mol. The Bertz CT molecular complexity index is 521. The van der Waals surface area contributed by atoms with E-state index >= 15 is 0 Å². The molecule has 0 radical (unpaired) electrons. The van der Waals surface area contributed by atoms with E-state index in [2.05, 4.69) is 10.2 Å². The van der Waals surface area contributed by atoms with Gasteiger partial charge in [-0.25, -0.2) is 0 Å². The first-order valence-electron chi connectivity index (χ1n) is 8.02. The van der Waals surface area contributed by atoms with E-state index in [9.17, 15) is 13.2 Å². The zero-order chi connectivity index (χ0) is 17.0. The fourth-order valence-corrected chi connectivity index (χ4v) is 3.11. The van der Waals surface area contributed by atoms with Crippen LogP contribution in [0.15, 0.2) is 18.2 Å². The molecule has 1 N–H and O–H groups in total. The van der Waals surface area contributed by atoms with E-state index in [1.54, 1.807) is 12.1 Å². The zero-order valence-electron chi connectivity index (χ0n) is 14.7. The molecule has 1 aromatic carbocycles. The summed E-state index contributed by atoms with van der Waals surface area (Å²) in [6.07, 6.45) is -3.68. The Balaban J connectivity index is 0.00000288. The Morgan fingerprint density at radius 3 is 2.24 bits per heavy atom. The molecule has 1 aliphatic rings. The van der Waals surface area contributed by atoms with Crippen molar-refractivity contribution in [2.75, 3.05) is 33.3 Å². The molecule has 0 aromatic heterocycles. The normalized spacial score (nSPS) is 16.8. The third-order valence-corrected chi connectivity index (χ3v) is 4.21. The second-order valence-electron chi connectivity index (χ2n) is 6.38. The Labute approximate surface area is 160 Å². The molecule has 2 rings (SSSR count). The van der Waals surface area contributed by atoms with Crippen LogP contribution in [0.2, 0.25) is 0 Å². The van der Waals surface area contributed by atoms with Crippen molar-refractivity contribution in [3.8, 4) is 5.75 Å². The summed E-state index contributed by atoms with van der Waals surface area (Å²) >= 11 is 0. The van der Waals surface area contributed by atoms with Gasteiger partial charge in [-0.2, -0.15) is 13.2 Å². The number of nitrogens with one attached hydrogen (secondary N) is 1. The van der Waals surface area contributed by atoms with Crippen molar-refractivity contribution < 1.29 is 17.9 Å². The van der Waals surface area contributed by atoms with Crippen LogP contribution in [0.3, 0.4) is 0 Å². The van der Waals surface area contributed by atoms with Crippen LogP contribution in [0.25, 0.3) is 0 Å². The van der Waals surface area contributed by atoms with Crippen LogP contribution < -0.4 is 10.1 Å². The zero-order valence-corrected chi connectivity index (χ0v) is 16.4. The van der Waals surface area contributed by atoms with Gasteiger partial charge in [0.05, 0.1) is 12.7 Å². The summed E-state index contributed by atoms with van der Waals surface area (Å²) in [4.78, 5) is 2.16. The van der Waals surface area contributed by atoms with Gasteiger partial charge in [-0.15, -0.1) is 24.8 Å². The third kappa shape index (κ3) is 6.51. The summed E-state index contributed by atoms with van der Waals surface area (Å²) in [6, 6.07) is 4.10. The minimum atomic E-state index is -4.38. The molecule has 146 valence electrons. The fraction of sp³-hybridized carbons (Fsp3) is 0.647. The second kappa shape index (κ2) is 10.5. The summed E-state index contributed by atoms with van der Waals surface area (Å²) in [5.41, 5.74) is -0.227. The van der Waals surface area contributed by atoms with Crippen LogP contribution in [0.1, 0.15) is 37.4 Å². The van der Waals surface area contributed by atoms with Crippen molar-refractivity contribution >= 4 is 24.8 Å². The number of benzene rings is 1. The average Bonchev–Trinajstić information content (AvgIpc) is 2.52. The van der Waals surface area contributed by atoms with Crippen molar-refractivity contribution in [1.82, 2.24) is 10.2 Å². The maximum absolute atomic E-state index is 13.5. The maximum Gasteiger partial charge on any atom is 0.416 e. The van der Waals surface area contributed by atoms with Crippen LogP contribution in [0.5, 0.6) is 5.75 Å². The molecule has 1 saturated heterocycles. The molecule has 0 amide bonds. The van der Waals surface area contributed by atoms with E-state index in [-0.39, 0.29) is 36.6 Å². The Morgan fingerprint density at radius 2 is 1.76 bits per heavy atom. The van der Waals surface area contributed by atoms with Crippen molar-refractivity contribution in [3.05, 3.63) is 29.3 Å². The molecule has 0 saturated carbocycles. The van der Waals surface area contributed by atoms with Gasteiger partial charge in [-0.3, -0.25) is 4.90 Å². The molecule has 1 aromatic rings. The van der Waals surface area contributed by atoms with Crippen LogP contribution in [0.4, 0.5) is 13.2 Å². The molecule has 8 heteroatoms. The second-order valence-corrected chi connectivity index (χ2v) is 6.38. The topological polar surface area (TPSA) is 24.5 Å². The summed E-state index contributed by atoms with van der Waals surface area (Å²) in [7, 11) is 1.39. The lowest BCUT2D eigenvalue weighted by Gasteiger charge is -2.37. The molecule has 1 heterocycles. The largest absolute Gasteiger partial charge is 0.497 e. The number of rotatable bonds is 5. The van der Waals surface area contributed by atoms with Crippen molar-refractivity contribution in [1.29, 1.82) is 0 Å². The van der Waals surface area contributed by atoms with Crippen LogP contribution in [-0.2, 0) is 6.18 Å². The number of hydrogen-bond donors (Lipinski definition) is 1. The Kier molecular flexibility index (Phi) is 10.2. The molecule has 1 aliphatic heterocycles. The summed E-state index contributed by atoms with van der Waals surface area (Å²) in [5.74, 6) is 0.558. The van der Waals surface area contributed by atoms with Crippen LogP contribution in [0, 0.1) is 5.92 Å². The van der Waals surface area contributed by atoms with Crippen molar-refractivity contribution in [2.24, 2.45) is 5.92 Å². The summed E-state index contributed by atoms with van der Waals surface area (Å²) < 4.78 is 45.6. The smallest absolute Gasteiger partial charge is 0.416 e. The van der Waals surface area contributed by atoms with E-state index in [1.807, 2.05) is 13.8 Å². The first-order chi connectivity index (χ1) is 10.8. The summed E-state index contributed by atoms with van der Waals surface area (Å²) in [6.45, 7) is 7.25. The lowest BCUT2D eigenvalue weighted by molar-refractivity contribution is -0.139. The molecule has 0 spiro atoms. The number of nitrogens with zero attached hydrogens (tertiary/aromatic N) is 1. The quantitative estimate of drug-likeness (QED) is 0.781. The van der Waals surface area contributed by atoms with E-state index in [1.165, 1.54) is 7.11 Å². The highest BCUT2D eigenvalue weighted by molar-refractivity contribution is 5.85. The van der Waals surface area contributed by atoms with Gasteiger partial charge < -0.3 is 10.1 Å². The predicted molar refractivity (Wildman–Crippen MR) is 99.1 cm³/mol. The Hall–Kier alpha value is -0.690. The van der Waals surface area contributed by atoms with Gasteiger partial charge in [0.15, 0.2) is 0 Å². The van der Waals surface area contributed by atoms with Gasteiger partial charge in [0, 0.05) is 32.2 Å². The molecule has 0 bridgehead atoms. The lowest BCUT2D eigenvalue weighted by Crippen LogP contribution is -2.45. The Morgan fingerprint density at radius 1 is 1.16 bits per heavy atom. The highest BCUT2D eigenvalue weighted by Crippen LogP contribution is 2.40. The number of piperazine rings is 1. The fourth-order valence-electron chi connectivity index (χ4n) is 3.11. The number of hydrogen-bond acceptors (Lipinski definition) is 3. The maximum atomic E-state index is 13.5. The predicted octanol–water partition coefficient (Wildman–Crippen LogP) is 4.55. The number of halogens is 5. The molecule has 0 aliphatic carbocycles. The number of methoxy groups -OCH3 is 1. The SMILES string of the molecule is COc1ccc([C@H](CC(C)C)N2CCNCC2)c(C(F)(F)F)c1.Cl.Cl. The summed E-state index contributed by atoms with van der Waals surface area (Å²) in [5, 5.41) is 3.25. The third-order valence-electron chi connectivity index (χ3n) is 4.21. The van der Waals surface area contributed by atoms with Gasteiger partial charge in [0.1, 0.15) is 5.75 Å². The first-order valence-corrected chi connectivity index (χ1v) is 8.02. The van der Waals surface area contributed by atoms with Gasteiger partial charge in [0.2, 0.25) is 0 Å². The minimum absolute atomic E-state index is 0. The molecule has 3 nitrogen and oxygen atoms in total. The van der Waals surface area contributed by atoms with Crippen molar-refractivity contribution in [2.45, 2.75) is 32.5 Å². The molecular formula is C17H27Cl2F3N2O. The molecular weight excluding hydrogens is 376 g/mol. The standard InChI is InChI=1S/C17H25F3N2O.2ClH/c1-12(2)10-16(22-8-6-21-7-9-22)14-5-4-13(23-3)11-15(14)17(18,19)20;;/h4-5,11-12,16,21H,6-10H2,1-3H3;2*1H/t16-;;/m0../s1. The van der Waals surface area contributed by atoms with Gasteiger partial charge in [-0.1, -0.05) is 19.9 Å². The van der Waals surface area contributed by atoms with E-state index in [0.29, 0.717) is 17.9 Å². The van der Waals surface area contributed by atoms with Gasteiger partial charge in [-0.05, 0) is 30.0 Å². The molecule has 25 heavy (non-hydrogen) atoms.